The normalized spacial score (nSPS) is 17.9. The molecule has 6 heteroatoms. The predicted molar refractivity (Wildman–Crippen MR) is 99.8 cm³/mol. The van der Waals surface area contributed by atoms with Gasteiger partial charge in [0.1, 0.15) is 10.8 Å². The summed E-state index contributed by atoms with van der Waals surface area (Å²) >= 11 is 12.7. The van der Waals surface area contributed by atoms with Crippen molar-refractivity contribution in [1.82, 2.24) is 5.32 Å². The first-order valence-electron chi connectivity index (χ1n) is 7.89. The molecule has 132 valence electrons. The van der Waals surface area contributed by atoms with Crippen LogP contribution in [-0.2, 0) is 6.42 Å². The average Bonchev–Trinajstić information content (AvgIpc) is 2.79. The first-order chi connectivity index (χ1) is 11.7. The molecule has 0 heterocycles. The standard InChI is InChI=1S/C19H19Cl2NO3/c1-19(2)9-11-8-10(4-5-13(11)17(19)22-18(23)24)12-6-7-14(25-3)16(21)15(12)20/h4-8,17,22H,9H2,1-3H3,(H,23,24). The molecule has 25 heavy (non-hydrogen) atoms. The number of carboxylic acid groups (broad SMARTS) is 1. The lowest BCUT2D eigenvalue weighted by molar-refractivity contribution is 0.175. The molecule has 0 radical (unpaired) electrons. The zero-order valence-corrected chi connectivity index (χ0v) is 15.7. The van der Waals surface area contributed by atoms with Gasteiger partial charge in [0.05, 0.1) is 18.2 Å². The van der Waals surface area contributed by atoms with Crippen LogP contribution in [0.15, 0.2) is 30.3 Å². The number of methoxy groups -OCH3 is 1. The van der Waals surface area contributed by atoms with Crippen molar-refractivity contribution in [3.63, 3.8) is 0 Å². The Balaban J connectivity index is 2.04. The number of amides is 1. The molecule has 0 fully saturated rings. The molecule has 1 atom stereocenters. The minimum Gasteiger partial charge on any atom is -0.495 e. The molecule has 0 saturated heterocycles. The van der Waals surface area contributed by atoms with Crippen LogP contribution in [0.4, 0.5) is 4.79 Å². The Bertz CT molecular complexity index is 849. The smallest absolute Gasteiger partial charge is 0.405 e. The van der Waals surface area contributed by atoms with Gasteiger partial charge >= 0.3 is 6.09 Å². The number of halogens is 2. The van der Waals surface area contributed by atoms with E-state index in [0.717, 1.165) is 28.7 Å². The largest absolute Gasteiger partial charge is 0.495 e. The second-order valence-electron chi connectivity index (χ2n) is 6.90. The molecule has 1 aliphatic rings. The van der Waals surface area contributed by atoms with E-state index in [0.29, 0.717) is 15.8 Å². The van der Waals surface area contributed by atoms with Crippen molar-refractivity contribution in [2.75, 3.05) is 7.11 Å². The van der Waals surface area contributed by atoms with Crippen molar-refractivity contribution in [3.8, 4) is 16.9 Å². The molecule has 0 aliphatic heterocycles. The van der Waals surface area contributed by atoms with E-state index in [9.17, 15) is 4.79 Å². The number of fused-ring (bicyclic) bond motifs is 1. The lowest BCUT2D eigenvalue weighted by atomic mass is 9.85. The average molecular weight is 380 g/mol. The first kappa shape index (κ1) is 17.9. The second-order valence-corrected chi connectivity index (χ2v) is 7.66. The maximum atomic E-state index is 11.1. The summed E-state index contributed by atoms with van der Waals surface area (Å²) in [7, 11) is 1.55. The van der Waals surface area contributed by atoms with Gasteiger partial charge in [0, 0.05) is 5.56 Å². The number of ether oxygens (including phenoxy) is 1. The number of carbonyl (C=O) groups is 1. The first-order valence-corrected chi connectivity index (χ1v) is 8.65. The Kier molecular flexibility index (Phi) is 4.60. The van der Waals surface area contributed by atoms with E-state index in [2.05, 4.69) is 25.2 Å². The summed E-state index contributed by atoms with van der Waals surface area (Å²) in [4.78, 5) is 11.1. The van der Waals surface area contributed by atoms with E-state index < -0.39 is 6.09 Å². The third kappa shape index (κ3) is 3.16. The van der Waals surface area contributed by atoms with Crippen LogP contribution >= 0.6 is 23.2 Å². The van der Waals surface area contributed by atoms with E-state index in [1.54, 1.807) is 13.2 Å². The van der Waals surface area contributed by atoms with Gasteiger partial charge in [-0.1, -0.05) is 55.2 Å². The van der Waals surface area contributed by atoms with Gasteiger partial charge < -0.3 is 15.2 Å². The molecule has 0 saturated carbocycles. The fourth-order valence-corrected chi connectivity index (χ4v) is 4.04. The van der Waals surface area contributed by atoms with E-state index in [-0.39, 0.29) is 11.5 Å². The summed E-state index contributed by atoms with van der Waals surface area (Å²) in [6.45, 7) is 4.12. The van der Waals surface area contributed by atoms with Crippen LogP contribution in [0.1, 0.15) is 31.0 Å². The molecule has 0 bridgehead atoms. The molecular formula is C19H19Cl2NO3. The van der Waals surface area contributed by atoms with Crippen molar-refractivity contribution in [3.05, 3.63) is 51.5 Å². The Morgan fingerprint density at radius 1 is 1.24 bits per heavy atom. The van der Waals surface area contributed by atoms with Crippen molar-refractivity contribution >= 4 is 29.3 Å². The predicted octanol–water partition coefficient (Wildman–Crippen LogP) is 5.56. The highest BCUT2D eigenvalue weighted by Gasteiger charge is 2.40. The minimum absolute atomic E-state index is 0.194. The van der Waals surface area contributed by atoms with Gasteiger partial charge in [0.25, 0.3) is 0 Å². The highest BCUT2D eigenvalue weighted by Crippen LogP contribution is 2.47. The molecule has 0 aromatic heterocycles. The molecule has 0 spiro atoms. The third-order valence-corrected chi connectivity index (χ3v) is 5.59. The molecule has 1 amide bonds. The molecule has 2 aromatic carbocycles. The molecule has 3 rings (SSSR count). The summed E-state index contributed by atoms with van der Waals surface area (Å²) in [6, 6.07) is 9.40. The fourth-order valence-electron chi connectivity index (χ4n) is 3.53. The maximum absolute atomic E-state index is 11.1. The summed E-state index contributed by atoms with van der Waals surface area (Å²) in [5, 5.41) is 12.6. The molecule has 2 aromatic rings. The summed E-state index contributed by atoms with van der Waals surface area (Å²) < 4.78 is 5.19. The molecular weight excluding hydrogens is 361 g/mol. The topological polar surface area (TPSA) is 58.6 Å². The zero-order chi connectivity index (χ0) is 18.4. The fraction of sp³-hybridized carbons (Fsp3) is 0.316. The van der Waals surface area contributed by atoms with E-state index in [4.69, 9.17) is 33.0 Å². The van der Waals surface area contributed by atoms with Crippen LogP contribution < -0.4 is 10.1 Å². The second kappa shape index (κ2) is 6.43. The lowest BCUT2D eigenvalue weighted by Crippen LogP contribution is -2.34. The van der Waals surface area contributed by atoms with Crippen molar-refractivity contribution in [2.45, 2.75) is 26.3 Å². The van der Waals surface area contributed by atoms with Crippen LogP contribution in [-0.4, -0.2) is 18.3 Å². The van der Waals surface area contributed by atoms with Crippen LogP contribution in [0.3, 0.4) is 0 Å². The molecule has 2 N–H and O–H groups in total. The molecule has 4 nitrogen and oxygen atoms in total. The molecule has 1 unspecified atom stereocenters. The highest BCUT2D eigenvalue weighted by molar-refractivity contribution is 6.44. The van der Waals surface area contributed by atoms with Crippen LogP contribution in [0, 0.1) is 5.41 Å². The van der Waals surface area contributed by atoms with Crippen LogP contribution in [0.5, 0.6) is 5.75 Å². The number of hydrogen-bond acceptors (Lipinski definition) is 2. The number of hydrogen-bond donors (Lipinski definition) is 2. The van der Waals surface area contributed by atoms with Gasteiger partial charge in [0.2, 0.25) is 0 Å². The van der Waals surface area contributed by atoms with Gasteiger partial charge in [-0.05, 0) is 40.7 Å². The van der Waals surface area contributed by atoms with E-state index in [1.165, 1.54) is 0 Å². The van der Waals surface area contributed by atoms with Crippen LogP contribution in [0.25, 0.3) is 11.1 Å². The monoisotopic (exact) mass is 379 g/mol. The summed E-state index contributed by atoms with van der Waals surface area (Å²) in [5.74, 6) is 0.531. The molecule has 1 aliphatic carbocycles. The Hall–Kier alpha value is -1.91. The van der Waals surface area contributed by atoms with E-state index >= 15 is 0 Å². The lowest BCUT2D eigenvalue weighted by Gasteiger charge is -2.27. The Labute approximate surface area is 156 Å². The Morgan fingerprint density at radius 2 is 1.96 bits per heavy atom. The quantitative estimate of drug-likeness (QED) is 0.733. The van der Waals surface area contributed by atoms with E-state index in [1.807, 2.05) is 18.2 Å². The zero-order valence-electron chi connectivity index (χ0n) is 14.2. The summed E-state index contributed by atoms with van der Waals surface area (Å²) in [6.07, 6.45) is -0.234. The van der Waals surface area contributed by atoms with Crippen molar-refractivity contribution in [2.24, 2.45) is 5.41 Å². The maximum Gasteiger partial charge on any atom is 0.405 e. The number of rotatable bonds is 3. The Morgan fingerprint density at radius 3 is 2.60 bits per heavy atom. The number of nitrogens with one attached hydrogen (secondary N) is 1. The van der Waals surface area contributed by atoms with Crippen LogP contribution in [0.2, 0.25) is 10.0 Å². The highest BCUT2D eigenvalue weighted by atomic mass is 35.5. The minimum atomic E-state index is -1.01. The van der Waals surface area contributed by atoms with Gasteiger partial charge in [-0.15, -0.1) is 0 Å². The summed E-state index contributed by atoms with van der Waals surface area (Å²) in [5.41, 5.74) is 3.69. The third-order valence-electron chi connectivity index (χ3n) is 4.73. The van der Waals surface area contributed by atoms with Gasteiger partial charge in [-0.25, -0.2) is 4.79 Å². The SMILES string of the molecule is COc1ccc(-c2ccc3c(c2)CC(C)(C)C3NC(=O)O)c(Cl)c1Cl. The van der Waals surface area contributed by atoms with Crippen molar-refractivity contribution in [1.29, 1.82) is 0 Å². The van der Waals surface area contributed by atoms with Crippen molar-refractivity contribution < 1.29 is 14.6 Å². The van der Waals surface area contributed by atoms with Gasteiger partial charge in [-0.3, -0.25) is 0 Å². The van der Waals surface area contributed by atoms with Gasteiger partial charge in [-0.2, -0.15) is 0 Å². The number of benzene rings is 2. The van der Waals surface area contributed by atoms with Gasteiger partial charge in [0.15, 0.2) is 0 Å².